The van der Waals surface area contributed by atoms with Gasteiger partial charge in [0.1, 0.15) is 0 Å². The van der Waals surface area contributed by atoms with E-state index in [0.717, 1.165) is 23.4 Å². The van der Waals surface area contributed by atoms with E-state index in [-0.39, 0.29) is 17.7 Å². The highest BCUT2D eigenvalue weighted by Gasteiger charge is 2.22. The lowest BCUT2D eigenvalue weighted by Crippen LogP contribution is -2.31. The number of benzene rings is 1. The van der Waals surface area contributed by atoms with Crippen molar-refractivity contribution in [3.8, 4) is 0 Å². The number of hydrogen-bond donors (Lipinski definition) is 1. The van der Waals surface area contributed by atoms with Crippen molar-refractivity contribution in [3.63, 3.8) is 0 Å². The van der Waals surface area contributed by atoms with Gasteiger partial charge in [0.15, 0.2) is 0 Å². The van der Waals surface area contributed by atoms with Crippen LogP contribution in [0.15, 0.2) is 24.3 Å². The predicted octanol–water partition coefficient (Wildman–Crippen LogP) is 3.95. The van der Waals surface area contributed by atoms with Crippen molar-refractivity contribution in [2.75, 3.05) is 13.7 Å². The Labute approximate surface area is 127 Å². The van der Waals surface area contributed by atoms with Crippen molar-refractivity contribution in [1.29, 1.82) is 0 Å². The van der Waals surface area contributed by atoms with Gasteiger partial charge in [-0.1, -0.05) is 30.7 Å². The van der Waals surface area contributed by atoms with Crippen LogP contribution in [0, 0.1) is 0 Å². The Balaban J connectivity index is 2.68. The maximum absolute atomic E-state index is 6.18. The summed E-state index contributed by atoms with van der Waals surface area (Å²) in [5, 5.41) is 0.720. The zero-order chi connectivity index (χ0) is 15.2. The molecule has 0 aliphatic rings. The highest BCUT2D eigenvalue weighted by atomic mass is 35.5. The van der Waals surface area contributed by atoms with Crippen LogP contribution in [-0.4, -0.2) is 25.4 Å². The van der Waals surface area contributed by atoms with E-state index < -0.39 is 0 Å². The topological polar surface area (TPSA) is 44.5 Å². The van der Waals surface area contributed by atoms with Gasteiger partial charge in [-0.25, -0.2) is 0 Å². The van der Waals surface area contributed by atoms with Crippen molar-refractivity contribution in [2.24, 2.45) is 5.73 Å². The molecule has 20 heavy (non-hydrogen) atoms. The molecule has 0 aliphatic carbocycles. The average molecular weight is 300 g/mol. The van der Waals surface area contributed by atoms with E-state index in [1.807, 2.05) is 38.1 Å². The smallest absolute Gasteiger partial charge is 0.0975 e. The van der Waals surface area contributed by atoms with Gasteiger partial charge >= 0.3 is 0 Å². The summed E-state index contributed by atoms with van der Waals surface area (Å²) in [5.41, 5.74) is 7.07. The Morgan fingerprint density at radius 2 is 1.85 bits per heavy atom. The van der Waals surface area contributed by atoms with Crippen LogP contribution < -0.4 is 5.73 Å². The van der Waals surface area contributed by atoms with Gasteiger partial charge in [0.25, 0.3) is 0 Å². The van der Waals surface area contributed by atoms with Crippen LogP contribution in [0.25, 0.3) is 0 Å². The fourth-order valence-corrected chi connectivity index (χ4v) is 1.99. The Kier molecular flexibility index (Phi) is 6.96. The van der Waals surface area contributed by atoms with Crippen LogP contribution in [0.2, 0.25) is 5.02 Å². The van der Waals surface area contributed by atoms with E-state index in [9.17, 15) is 0 Å². The van der Waals surface area contributed by atoms with Crippen LogP contribution >= 0.6 is 11.6 Å². The SMILES string of the molecule is CCC(N)C(OCCC(C)(C)OC)c1ccc(Cl)cc1. The molecule has 0 amide bonds. The first kappa shape index (κ1) is 17.4. The van der Waals surface area contributed by atoms with Gasteiger partial charge in [-0.15, -0.1) is 0 Å². The lowest BCUT2D eigenvalue weighted by atomic mass is 10.0. The maximum Gasteiger partial charge on any atom is 0.0975 e. The first-order valence-electron chi connectivity index (χ1n) is 7.07. The van der Waals surface area contributed by atoms with E-state index in [2.05, 4.69) is 6.92 Å². The molecule has 2 atom stereocenters. The average Bonchev–Trinajstić information content (AvgIpc) is 2.44. The minimum atomic E-state index is -0.180. The molecular formula is C16H26ClNO2. The number of halogens is 1. The Morgan fingerprint density at radius 1 is 1.25 bits per heavy atom. The molecule has 0 radical (unpaired) electrons. The van der Waals surface area contributed by atoms with E-state index in [4.69, 9.17) is 26.8 Å². The third-order valence-electron chi connectivity index (χ3n) is 3.61. The van der Waals surface area contributed by atoms with Crippen molar-refractivity contribution in [3.05, 3.63) is 34.9 Å². The molecule has 3 nitrogen and oxygen atoms in total. The normalized spacial score (nSPS) is 15.1. The van der Waals surface area contributed by atoms with E-state index >= 15 is 0 Å². The number of ether oxygens (including phenoxy) is 2. The summed E-state index contributed by atoms with van der Waals surface area (Å²) in [6.45, 7) is 6.78. The van der Waals surface area contributed by atoms with Crippen molar-refractivity contribution in [2.45, 2.75) is 51.4 Å². The summed E-state index contributed by atoms with van der Waals surface area (Å²) >= 11 is 5.92. The van der Waals surface area contributed by atoms with Gasteiger partial charge in [0, 0.05) is 18.2 Å². The second-order valence-electron chi connectivity index (χ2n) is 5.63. The Bertz CT molecular complexity index is 392. The van der Waals surface area contributed by atoms with Gasteiger partial charge in [-0.3, -0.25) is 0 Å². The molecule has 2 N–H and O–H groups in total. The van der Waals surface area contributed by atoms with E-state index in [1.54, 1.807) is 7.11 Å². The second kappa shape index (κ2) is 7.99. The summed E-state index contributed by atoms with van der Waals surface area (Å²) in [6.07, 6.45) is 1.58. The minimum Gasteiger partial charge on any atom is -0.379 e. The van der Waals surface area contributed by atoms with Gasteiger partial charge < -0.3 is 15.2 Å². The number of hydrogen-bond acceptors (Lipinski definition) is 3. The molecule has 0 aromatic heterocycles. The van der Waals surface area contributed by atoms with Crippen LogP contribution in [0.4, 0.5) is 0 Å². The van der Waals surface area contributed by atoms with Gasteiger partial charge in [-0.05, 0) is 44.4 Å². The molecular weight excluding hydrogens is 274 g/mol. The molecule has 0 saturated carbocycles. The molecule has 0 saturated heterocycles. The Morgan fingerprint density at radius 3 is 2.35 bits per heavy atom. The zero-order valence-electron chi connectivity index (χ0n) is 12.9. The lowest BCUT2D eigenvalue weighted by molar-refractivity contribution is -0.0332. The van der Waals surface area contributed by atoms with Crippen LogP contribution in [0.1, 0.15) is 45.3 Å². The third kappa shape index (κ3) is 5.41. The summed E-state index contributed by atoms with van der Waals surface area (Å²) in [7, 11) is 1.72. The fraction of sp³-hybridized carbons (Fsp3) is 0.625. The molecule has 0 spiro atoms. The molecule has 4 heteroatoms. The van der Waals surface area contributed by atoms with Gasteiger partial charge in [-0.2, -0.15) is 0 Å². The molecule has 2 unspecified atom stereocenters. The third-order valence-corrected chi connectivity index (χ3v) is 3.86. The van der Waals surface area contributed by atoms with E-state index in [1.165, 1.54) is 0 Å². The largest absolute Gasteiger partial charge is 0.379 e. The quantitative estimate of drug-likeness (QED) is 0.790. The highest BCUT2D eigenvalue weighted by molar-refractivity contribution is 6.30. The summed E-state index contributed by atoms with van der Waals surface area (Å²) < 4.78 is 11.4. The zero-order valence-corrected chi connectivity index (χ0v) is 13.6. The van der Waals surface area contributed by atoms with Crippen molar-refractivity contribution >= 4 is 11.6 Å². The van der Waals surface area contributed by atoms with Crippen LogP contribution in [0.5, 0.6) is 0 Å². The standard InChI is InChI=1S/C16H26ClNO2/c1-5-14(18)15(12-6-8-13(17)9-7-12)20-11-10-16(2,3)19-4/h6-9,14-15H,5,10-11,18H2,1-4H3. The van der Waals surface area contributed by atoms with Gasteiger partial charge in [0.2, 0.25) is 0 Å². The van der Waals surface area contributed by atoms with Gasteiger partial charge in [0.05, 0.1) is 18.3 Å². The van der Waals surface area contributed by atoms with Crippen molar-refractivity contribution in [1.82, 2.24) is 0 Å². The number of rotatable bonds is 8. The van der Waals surface area contributed by atoms with Crippen LogP contribution in [0.3, 0.4) is 0 Å². The van der Waals surface area contributed by atoms with E-state index in [0.29, 0.717) is 6.61 Å². The number of nitrogens with two attached hydrogens (primary N) is 1. The Hall–Kier alpha value is -0.610. The summed E-state index contributed by atoms with van der Waals surface area (Å²) in [6, 6.07) is 7.67. The molecule has 0 aliphatic heterocycles. The molecule has 0 fully saturated rings. The highest BCUT2D eigenvalue weighted by Crippen LogP contribution is 2.25. The monoisotopic (exact) mass is 299 g/mol. The maximum atomic E-state index is 6.18. The molecule has 114 valence electrons. The molecule has 1 aromatic carbocycles. The van der Waals surface area contributed by atoms with Crippen LogP contribution in [-0.2, 0) is 9.47 Å². The summed E-state index contributed by atoms with van der Waals surface area (Å²) in [5.74, 6) is 0. The van der Waals surface area contributed by atoms with Crippen molar-refractivity contribution < 1.29 is 9.47 Å². The molecule has 0 bridgehead atoms. The molecule has 1 aromatic rings. The first-order chi connectivity index (χ1) is 9.39. The fourth-order valence-electron chi connectivity index (χ4n) is 1.87. The molecule has 1 rings (SSSR count). The minimum absolute atomic E-state index is 0.0261. The lowest BCUT2D eigenvalue weighted by Gasteiger charge is -2.27. The second-order valence-corrected chi connectivity index (χ2v) is 6.07. The molecule has 0 heterocycles. The first-order valence-corrected chi connectivity index (χ1v) is 7.45. The summed E-state index contributed by atoms with van der Waals surface area (Å²) in [4.78, 5) is 0. The predicted molar refractivity (Wildman–Crippen MR) is 84.1 cm³/mol. The number of methoxy groups -OCH3 is 1.